The topological polar surface area (TPSA) is 118 Å². The maximum Gasteiger partial charge on any atom is 0.267 e. The molecule has 182 valence electrons. The summed E-state index contributed by atoms with van der Waals surface area (Å²) >= 11 is 0. The quantitative estimate of drug-likeness (QED) is 0.560. The predicted octanol–water partition coefficient (Wildman–Crippen LogP) is -0.391. The van der Waals surface area contributed by atoms with Crippen molar-refractivity contribution in [1.29, 1.82) is 0 Å². The van der Waals surface area contributed by atoms with Gasteiger partial charge in [0.2, 0.25) is 22.0 Å². The molecule has 4 rings (SSSR count). The van der Waals surface area contributed by atoms with Crippen molar-refractivity contribution < 1.29 is 27.5 Å². The lowest BCUT2D eigenvalue weighted by atomic mass is 10.2. The summed E-state index contributed by atoms with van der Waals surface area (Å²) in [5, 5.41) is 0. The third-order valence-corrected chi connectivity index (χ3v) is 7.57. The second-order valence-corrected chi connectivity index (χ2v) is 10.3. The summed E-state index contributed by atoms with van der Waals surface area (Å²) in [6, 6.07) is 9.50. The van der Waals surface area contributed by atoms with Gasteiger partial charge in [0, 0.05) is 52.5 Å². The maximum absolute atomic E-state index is 12.9. The summed E-state index contributed by atoms with van der Waals surface area (Å²) in [4.78, 5) is 41.0. The van der Waals surface area contributed by atoms with Gasteiger partial charge < -0.3 is 23.8 Å². The molecule has 2 aliphatic heterocycles. The van der Waals surface area contributed by atoms with E-state index < -0.39 is 21.7 Å². The number of piperazine rings is 1. The van der Waals surface area contributed by atoms with Crippen LogP contribution in [0.25, 0.3) is 0 Å². The second-order valence-electron chi connectivity index (χ2n) is 8.19. The number of hydrogen-bond donors (Lipinski definition) is 0. The van der Waals surface area contributed by atoms with Crippen molar-refractivity contribution in [3.8, 4) is 11.5 Å². The molecule has 2 aliphatic rings. The number of rotatable bonds is 5. The highest BCUT2D eigenvalue weighted by Crippen LogP contribution is 2.31. The third kappa shape index (κ3) is 4.77. The van der Waals surface area contributed by atoms with E-state index in [4.69, 9.17) is 9.47 Å². The minimum atomic E-state index is -3.74. The highest BCUT2D eigenvalue weighted by molar-refractivity contribution is 7.89. The Kier molecular flexibility index (Phi) is 6.62. The van der Waals surface area contributed by atoms with Gasteiger partial charge in [-0.15, -0.1) is 0 Å². The van der Waals surface area contributed by atoms with Crippen LogP contribution in [-0.2, 0) is 26.2 Å². The first-order valence-electron chi connectivity index (χ1n) is 10.7. The largest absolute Gasteiger partial charge is 0.485 e. The molecule has 1 unspecified atom stereocenters. The van der Waals surface area contributed by atoms with Crippen LogP contribution in [0.4, 0.5) is 0 Å². The van der Waals surface area contributed by atoms with E-state index in [1.54, 1.807) is 28.0 Å². The lowest BCUT2D eigenvalue weighted by molar-refractivity contribution is -0.146. The molecule has 1 aromatic heterocycles. The molecular weight excluding hydrogens is 464 g/mol. The van der Waals surface area contributed by atoms with Gasteiger partial charge in [0.05, 0.1) is 4.90 Å². The van der Waals surface area contributed by atoms with E-state index in [2.05, 4.69) is 0 Å². The average Bonchev–Trinajstić information content (AvgIpc) is 2.84. The summed E-state index contributed by atoms with van der Waals surface area (Å²) in [5.41, 5.74) is -0.477. The first-order chi connectivity index (χ1) is 16.2. The number of hydrogen-bond acceptors (Lipinski definition) is 7. The molecule has 1 aromatic carbocycles. The van der Waals surface area contributed by atoms with Gasteiger partial charge in [-0.05, 0) is 18.2 Å². The SMILES string of the molecule is CN(C)S(=O)(=O)c1ccc(=O)n(CC(=O)N2CCN(C(=O)C3COc4ccccc4O3)CC2)c1. The van der Waals surface area contributed by atoms with Crippen molar-refractivity contribution in [2.45, 2.75) is 17.5 Å². The van der Waals surface area contributed by atoms with Crippen LogP contribution in [0, 0.1) is 0 Å². The average molecular weight is 491 g/mol. The highest BCUT2D eigenvalue weighted by atomic mass is 32.2. The number of para-hydroxylation sites is 2. The molecule has 11 nitrogen and oxygen atoms in total. The number of carbonyl (C=O) groups excluding carboxylic acids is 2. The van der Waals surface area contributed by atoms with E-state index in [9.17, 15) is 22.8 Å². The van der Waals surface area contributed by atoms with Crippen molar-refractivity contribution in [3.05, 3.63) is 52.9 Å². The molecule has 34 heavy (non-hydrogen) atoms. The van der Waals surface area contributed by atoms with Crippen LogP contribution in [0.2, 0.25) is 0 Å². The summed E-state index contributed by atoms with van der Waals surface area (Å²) in [6.45, 7) is 1.04. The van der Waals surface area contributed by atoms with Crippen LogP contribution in [0.1, 0.15) is 0 Å². The zero-order valence-corrected chi connectivity index (χ0v) is 19.7. The number of aromatic nitrogens is 1. The number of fused-ring (bicyclic) bond motifs is 1. The number of pyridine rings is 1. The van der Waals surface area contributed by atoms with Crippen LogP contribution in [-0.4, -0.2) is 91.9 Å². The molecule has 1 atom stereocenters. The van der Waals surface area contributed by atoms with Crippen molar-refractivity contribution in [2.75, 3.05) is 46.9 Å². The predicted molar refractivity (Wildman–Crippen MR) is 121 cm³/mol. The number of sulfonamides is 1. The summed E-state index contributed by atoms with van der Waals surface area (Å²) < 4.78 is 38.2. The molecule has 12 heteroatoms. The van der Waals surface area contributed by atoms with E-state index in [0.29, 0.717) is 37.7 Å². The van der Waals surface area contributed by atoms with E-state index in [1.807, 2.05) is 6.07 Å². The normalized spacial score (nSPS) is 18.1. The Morgan fingerprint density at radius 3 is 2.32 bits per heavy atom. The molecule has 2 amide bonds. The number of carbonyl (C=O) groups is 2. The van der Waals surface area contributed by atoms with Gasteiger partial charge in [0.25, 0.3) is 11.5 Å². The van der Waals surface area contributed by atoms with Gasteiger partial charge in [0.15, 0.2) is 11.5 Å². The van der Waals surface area contributed by atoms with Crippen LogP contribution in [0.15, 0.2) is 52.3 Å². The van der Waals surface area contributed by atoms with E-state index in [1.165, 1.54) is 26.4 Å². The van der Waals surface area contributed by atoms with Gasteiger partial charge in [-0.25, -0.2) is 12.7 Å². The van der Waals surface area contributed by atoms with E-state index in [0.717, 1.165) is 14.9 Å². The number of amides is 2. The van der Waals surface area contributed by atoms with Crippen LogP contribution in [0.5, 0.6) is 11.5 Å². The van der Waals surface area contributed by atoms with E-state index >= 15 is 0 Å². The summed E-state index contributed by atoms with van der Waals surface area (Å²) in [5.74, 6) is 0.573. The molecule has 0 aliphatic carbocycles. The Bertz CT molecular complexity index is 1250. The van der Waals surface area contributed by atoms with Crippen molar-refractivity contribution >= 4 is 21.8 Å². The fourth-order valence-electron chi connectivity index (χ4n) is 3.76. The molecule has 2 aromatic rings. The second kappa shape index (κ2) is 9.47. The zero-order valence-electron chi connectivity index (χ0n) is 18.9. The lowest BCUT2D eigenvalue weighted by Gasteiger charge is -2.37. The van der Waals surface area contributed by atoms with Gasteiger partial charge >= 0.3 is 0 Å². The van der Waals surface area contributed by atoms with Gasteiger partial charge in [-0.3, -0.25) is 14.4 Å². The first kappa shape index (κ1) is 23.8. The van der Waals surface area contributed by atoms with Crippen molar-refractivity contribution in [3.63, 3.8) is 0 Å². The highest BCUT2D eigenvalue weighted by Gasteiger charge is 2.33. The fraction of sp³-hybridized carbons (Fsp3) is 0.409. The van der Waals surface area contributed by atoms with Gasteiger partial charge in [0.1, 0.15) is 13.2 Å². The number of ether oxygens (including phenoxy) is 2. The molecule has 3 heterocycles. The Hall–Kier alpha value is -3.38. The number of benzene rings is 1. The Morgan fingerprint density at radius 1 is 1.00 bits per heavy atom. The molecule has 0 radical (unpaired) electrons. The van der Waals surface area contributed by atoms with Crippen molar-refractivity contribution in [1.82, 2.24) is 18.7 Å². The first-order valence-corrected chi connectivity index (χ1v) is 12.2. The Morgan fingerprint density at radius 2 is 1.65 bits per heavy atom. The standard InChI is InChI=1S/C22H26N4O7S/c1-23(2)34(30,31)16-7-8-20(27)26(13-16)14-21(28)24-9-11-25(12-10-24)22(29)19-15-32-17-5-3-4-6-18(17)33-19/h3-8,13,19H,9-12,14-15H2,1-2H3. The van der Waals surface area contributed by atoms with Gasteiger partial charge in [-0.2, -0.15) is 0 Å². The fourth-order valence-corrected chi connectivity index (χ4v) is 4.69. The monoisotopic (exact) mass is 490 g/mol. The molecule has 1 fully saturated rings. The van der Waals surface area contributed by atoms with Crippen molar-refractivity contribution in [2.24, 2.45) is 0 Å². The van der Waals surface area contributed by atoms with Crippen LogP contribution in [0.3, 0.4) is 0 Å². The third-order valence-electron chi connectivity index (χ3n) is 5.77. The molecule has 0 N–H and O–H groups in total. The molecule has 0 spiro atoms. The zero-order chi connectivity index (χ0) is 24.5. The Labute approximate surface area is 197 Å². The van der Waals surface area contributed by atoms with Gasteiger partial charge in [-0.1, -0.05) is 12.1 Å². The summed E-state index contributed by atoms with van der Waals surface area (Å²) in [7, 11) is -0.963. The van der Waals surface area contributed by atoms with E-state index in [-0.39, 0.29) is 29.9 Å². The molecule has 1 saturated heterocycles. The molecular formula is C22H26N4O7S. The minimum absolute atomic E-state index is 0.0726. The lowest BCUT2D eigenvalue weighted by Crippen LogP contribution is -2.55. The number of nitrogens with zero attached hydrogens (tertiary/aromatic N) is 4. The Balaban J connectivity index is 1.35. The molecule has 0 saturated carbocycles. The smallest absolute Gasteiger partial charge is 0.267 e. The van der Waals surface area contributed by atoms with Crippen LogP contribution >= 0.6 is 0 Å². The van der Waals surface area contributed by atoms with Crippen LogP contribution < -0.4 is 15.0 Å². The maximum atomic E-state index is 12.9. The minimum Gasteiger partial charge on any atom is -0.485 e. The molecule has 0 bridgehead atoms. The summed E-state index contributed by atoms with van der Waals surface area (Å²) in [6.07, 6.45) is 0.422.